The first-order chi connectivity index (χ1) is 11.5. The van der Waals surface area contributed by atoms with E-state index in [1.54, 1.807) is 12.1 Å². The van der Waals surface area contributed by atoms with Gasteiger partial charge in [0, 0.05) is 18.7 Å². The van der Waals surface area contributed by atoms with Crippen LogP contribution in [-0.2, 0) is 17.6 Å². The number of hydrogen-bond donors (Lipinski definition) is 2. The predicted octanol–water partition coefficient (Wildman–Crippen LogP) is 3.16. The monoisotopic (exact) mass is 334 g/mol. The third-order valence-electron chi connectivity index (χ3n) is 3.50. The summed E-state index contributed by atoms with van der Waals surface area (Å²) in [6.07, 6.45) is 1.63. The summed E-state index contributed by atoms with van der Waals surface area (Å²) in [6, 6.07) is 13.8. The second-order valence-corrected chi connectivity index (χ2v) is 5.36. The van der Waals surface area contributed by atoms with Crippen molar-refractivity contribution in [3.05, 3.63) is 59.7 Å². The molecule has 4 nitrogen and oxygen atoms in total. The lowest BCUT2D eigenvalue weighted by molar-refractivity contribution is -0.121. The minimum atomic E-state index is -2.83. The Kier molecular flexibility index (Phi) is 6.54. The fourth-order valence-corrected chi connectivity index (χ4v) is 2.21. The van der Waals surface area contributed by atoms with Crippen molar-refractivity contribution < 1.29 is 18.3 Å². The molecule has 6 heteroatoms. The molecule has 2 rings (SSSR count). The predicted molar refractivity (Wildman–Crippen MR) is 89.0 cm³/mol. The molecule has 0 bridgehead atoms. The molecule has 0 fully saturated rings. The summed E-state index contributed by atoms with van der Waals surface area (Å²) in [5.74, 6) is 0.0695. The van der Waals surface area contributed by atoms with Gasteiger partial charge in [-0.3, -0.25) is 4.79 Å². The van der Waals surface area contributed by atoms with Crippen molar-refractivity contribution in [1.82, 2.24) is 5.32 Å². The molecule has 0 aliphatic heterocycles. The number of amides is 1. The van der Waals surface area contributed by atoms with E-state index in [0.717, 1.165) is 17.5 Å². The summed E-state index contributed by atoms with van der Waals surface area (Å²) in [5.41, 5.74) is 8.34. The number of anilines is 1. The number of rotatable bonds is 8. The van der Waals surface area contributed by atoms with Gasteiger partial charge in [0.25, 0.3) is 0 Å². The highest BCUT2D eigenvalue weighted by molar-refractivity contribution is 5.76. The van der Waals surface area contributed by atoms with E-state index >= 15 is 0 Å². The zero-order valence-electron chi connectivity index (χ0n) is 13.2. The third kappa shape index (κ3) is 6.24. The van der Waals surface area contributed by atoms with Crippen LogP contribution in [0, 0.1) is 0 Å². The van der Waals surface area contributed by atoms with Crippen LogP contribution in [0.3, 0.4) is 0 Å². The van der Waals surface area contributed by atoms with E-state index in [1.807, 2.05) is 24.3 Å². The van der Waals surface area contributed by atoms with Crippen LogP contribution in [0.4, 0.5) is 14.5 Å². The zero-order valence-corrected chi connectivity index (χ0v) is 13.2. The molecule has 128 valence electrons. The Morgan fingerprint density at radius 2 is 1.58 bits per heavy atom. The Morgan fingerprint density at radius 3 is 2.21 bits per heavy atom. The minimum absolute atomic E-state index is 0.0432. The number of ether oxygens (including phenoxy) is 1. The number of benzene rings is 2. The molecule has 2 aromatic rings. The Labute approximate surface area is 139 Å². The Balaban J connectivity index is 1.68. The smallest absolute Gasteiger partial charge is 0.387 e. The maximum absolute atomic E-state index is 12.1. The number of halogens is 2. The maximum Gasteiger partial charge on any atom is 0.387 e. The van der Waals surface area contributed by atoms with Gasteiger partial charge in [-0.05, 0) is 48.2 Å². The van der Waals surface area contributed by atoms with Gasteiger partial charge in [0.1, 0.15) is 5.75 Å². The van der Waals surface area contributed by atoms with Gasteiger partial charge in [-0.2, -0.15) is 8.78 Å². The van der Waals surface area contributed by atoms with Crippen molar-refractivity contribution in [2.45, 2.75) is 25.9 Å². The number of nitrogens with one attached hydrogen (secondary N) is 1. The number of aryl methyl sites for hydroxylation is 1. The largest absolute Gasteiger partial charge is 0.435 e. The molecule has 0 aromatic heterocycles. The summed E-state index contributed by atoms with van der Waals surface area (Å²) < 4.78 is 28.4. The lowest BCUT2D eigenvalue weighted by Gasteiger charge is -2.07. The Morgan fingerprint density at radius 1 is 1.00 bits per heavy atom. The average Bonchev–Trinajstić information content (AvgIpc) is 2.55. The molecule has 0 spiro atoms. The zero-order chi connectivity index (χ0) is 17.4. The molecule has 1 amide bonds. The number of nitrogen functional groups attached to an aromatic ring is 1. The van der Waals surface area contributed by atoms with Gasteiger partial charge in [-0.25, -0.2) is 0 Å². The fraction of sp³-hybridized carbons (Fsp3) is 0.278. The standard InChI is InChI=1S/C18H20F2N2O2/c19-18(20)24-16-8-3-13(4-9-16)5-10-17(23)22-12-11-14-1-6-15(21)7-2-14/h1-4,6-9,18H,5,10-12,21H2,(H,22,23). The van der Waals surface area contributed by atoms with E-state index in [0.29, 0.717) is 25.1 Å². The van der Waals surface area contributed by atoms with Crippen molar-refractivity contribution in [2.24, 2.45) is 0 Å². The lowest BCUT2D eigenvalue weighted by atomic mass is 10.1. The molecule has 0 aliphatic carbocycles. The van der Waals surface area contributed by atoms with Crippen LogP contribution in [-0.4, -0.2) is 19.1 Å². The van der Waals surface area contributed by atoms with Gasteiger partial charge in [-0.1, -0.05) is 24.3 Å². The SMILES string of the molecule is Nc1ccc(CCNC(=O)CCc2ccc(OC(F)F)cc2)cc1. The minimum Gasteiger partial charge on any atom is -0.435 e. The van der Waals surface area contributed by atoms with E-state index in [2.05, 4.69) is 10.1 Å². The summed E-state index contributed by atoms with van der Waals surface area (Å²) in [5, 5.41) is 2.86. The molecule has 0 unspecified atom stereocenters. The summed E-state index contributed by atoms with van der Waals surface area (Å²) in [6.45, 7) is -2.27. The molecular formula is C18H20F2N2O2. The quantitative estimate of drug-likeness (QED) is 0.729. The van der Waals surface area contributed by atoms with E-state index in [9.17, 15) is 13.6 Å². The van der Waals surface area contributed by atoms with Crippen LogP contribution in [0.5, 0.6) is 5.75 Å². The second kappa shape index (κ2) is 8.86. The maximum atomic E-state index is 12.1. The molecular weight excluding hydrogens is 314 g/mol. The van der Waals surface area contributed by atoms with E-state index in [1.165, 1.54) is 12.1 Å². The van der Waals surface area contributed by atoms with E-state index in [4.69, 9.17) is 5.73 Å². The first-order valence-corrected chi connectivity index (χ1v) is 7.68. The van der Waals surface area contributed by atoms with Crippen molar-refractivity contribution in [1.29, 1.82) is 0 Å². The van der Waals surface area contributed by atoms with Gasteiger partial charge in [0.15, 0.2) is 0 Å². The van der Waals surface area contributed by atoms with Crippen LogP contribution in [0.15, 0.2) is 48.5 Å². The first-order valence-electron chi connectivity index (χ1n) is 7.68. The van der Waals surface area contributed by atoms with E-state index in [-0.39, 0.29) is 11.7 Å². The molecule has 0 atom stereocenters. The van der Waals surface area contributed by atoms with Gasteiger partial charge in [0.05, 0.1) is 0 Å². The average molecular weight is 334 g/mol. The molecule has 0 radical (unpaired) electrons. The van der Waals surface area contributed by atoms with Crippen molar-refractivity contribution in [3.63, 3.8) is 0 Å². The topological polar surface area (TPSA) is 64.3 Å². The molecule has 0 aliphatic rings. The Bertz CT molecular complexity index is 643. The normalized spacial score (nSPS) is 10.6. The van der Waals surface area contributed by atoms with Gasteiger partial charge in [-0.15, -0.1) is 0 Å². The van der Waals surface area contributed by atoms with Crippen LogP contribution >= 0.6 is 0 Å². The van der Waals surface area contributed by atoms with Crippen LogP contribution in [0.2, 0.25) is 0 Å². The summed E-state index contributed by atoms with van der Waals surface area (Å²) >= 11 is 0. The Hall–Kier alpha value is -2.63. The van der Waals surface area contributed by atoms with Crippen LogP contribution in [0.1, 0.15) is 17.5 Å². The first kappa shape index (κ1) is 17.7. The van der Waals surface area contributed by atoms with Crippen molar-refractivity contribution in [2.75, 3.05) is 12.3 Å². The van der Waals surface area contributed by atoms with Crippen LogP contribution in [0.25, 0.3) is 0 Å². The van der Waals surface area contributed by atoms with Crippen molar-refractivity contribution in [3.8, 4) is 5.75 Å². The van der Waals surface area contributed by atoms with Gasteiger partial charge >= 0.3 is 6.61 Å². The molecule has 0 saturated carbocycles. The summed E-state index contributed by atoms with van der Waals surface area (Å²) in [4.78, 5) is 11.8. The third-order valence-corrected chi connectivity index (χ3v) is 3.50. The van der Waals surface area contributed by atoms with Crippen molar-refractivity contribution >= 4 is 11.6 Å². The fourth-order valence-electron chi connectivity index (χ4n) is 2.21. The number of nitrogens with two attached hydrogens (primary N) is 1. The molecule has 0 heterocycles. The number of alkyl halides is 2. The molecule has 0 saturated heterocycles. The number of carbonyl (C=O) groups is 1. The van der Waals surface area contributed by atoms with Gasteiger partial charge < -0.3 is 15.8 Å². The summed E-state index contributed by atoms with van der Waals surface area (Å²) in [7, 11) is 0. The van der Waals surface area contributed by atoms with Crippen LogP contribution < -0.4 is 15.8 Å². The second-order valence-electron chi connectivity index (χ2n) is 5.36. The highest BCUT2D eigenvalue weighted by Gasteiger charge is 2.05. The molecule has 24 heavy (non-hydrogen) atoms. The molecule has 3 N–H and O–H groups in total. The number of carbonyl (C=O) groups excluding carboxylic acids is 1. The highest BCUT2D eigenvalue weighted by Crippen LogP contribution is 2.15. The van der Waals surface area contributed by atoms with E-state index < -0.39 is 6.61 Å². The lowest BCUT2D eigenvalue weighted by Crippen LogP contribution is -2.25. The highest BCUT2D eigenvalue weighted by atomic mass is 19.3. The molecule has 2 aromatic carbocycles. The number of hydrogen-bond acceptors (Lipinski definition) is 3. The van der Waals surface area contributed by atoms with Gasteiger partial charge in [0.2, 0.25) is 5.91 Å².